The van der Waals surface area contributed by atoms with Crippen molar-refractivity contribution in [2.24, 2.45) is 5.92 Å². The van der Waals surface area contributed by atoms with E-state index in [4.69, 9.17) is 5.73 Å². The van der Waals surface area contributed by atoms with Crippen LogP contribution in [0.5, 0.6) is 0 Å². The highest BCUT2D eigenvalue weighted by molar-refractivity contribution is 5.95. The molecule has 1 aliphatic rings. The Balaban J connectivity index is 1.70. The number of aryl methyl sites for hydroxylation is 1. The van der Waals surface area contributed by atoms with Crippen molar-refractivity contribution >= 4 is 22.8 Å². The molecule has 1 fully saturated rings. The number of aliphatic hydroxyl groups is 1. The van der Waals surface area contributed by atoms with Gasteiger partial charge >= 0.3 is 0 Å². The monoisotopic (exact) mass is 418 g/mol. The molecule has 31 heavy (non-hydrogen) atoms. The van der Waals surface area contributed by atoms with Gasteiger partial charge in [0.25, 0.3) is 0 Å². The quantitative estimate of drug-likeness (QED) is 0.417. The molecule has 0 aromatic carbocycles. The van der Waals surface area contributed by atoms with Crippen molar-refractivity contribution < 1.29 is 9.90 Å². The van der Waals surface area contributed by atoms with Gasteiger partial charge in [-0.2, -0.15) is 0 Å². The van der Waals surface area contributed by atoms with Gasteiger partial charge in [-0.25, -0.2) is 15.0 Å². The van der Waals surface area contributed by atoms with Gasteiger partial charge in [0.2, 0.25) is 11.9 Å². The largest absolute Gasteiger partial charge is 0.378 e. The van der Waals surface area contributed by atoms with Crippen molar-refractivity contribution in [3.05, 3.63) is 36.4 Å². The second-order valence-electron chi connectivity index (χ2n) is 8.13. The Morgan fingerprint density at radius 2 is 2.23 bits per heavy atom. The first-order valence-corrected chi connectivity index (χ1v) is 10.4. The number of amides is 1. The van der Waals surface area contributed by atoms with Crippen LogP contribution in [0.2, 0.25) is 0 Å². The number of rotatable bonds is 6. The fourth-order valence-corrected chi connectivity index (χ4v) is 3.62. The van der Waals surface area contributed by atoms with Gasteiger partial charge < -0.3 is 20.7 Å². The van der Waals surface area contributed by atoms with Crippen LogP contribution in [0, 0.1) is 17.8 Å². The third kappa shape index (κ3) is 4.84. The summed E-state index contributed by atoms with van der Waals surface area (Å²) in [6, 6.07) is 3.74. The summed E-state index contributed by atoms with van der Waals surface area (Å²) in [5.41, 5.74) is 7.96. The lowest BCUT2D eigenvalue weighted by Crippen LogP contribution is -2.24. The Hall–Kier alpha value is -3.44. The standard InChI is InChI=1S/C23H26N6O2/c1-15(30)25-9-3-11-29-14-19(20-7-10-26-22(24)28-20)18-12-17(27-13-21(18)29)6-8-23(2,31)16-4-5-16/h7,10,12-14,16,31H,3-5,9,11H2,1-2H3,(H,25,30)(H2,24,26,28). The number of pyridine rings is 1. The Bertz CT molecular complexity index is 1180. The summed E-state index contributed by atoms with van der Waals surface area (Å²) in [4.78, 5) is 24.0. The molecule has 0 bridgehead atoms. The summed E-state index contributed by atoms with van der Waals surface area (Å²) in [6.45, 7) is 4.57. The molecule has 8 nitrogen and oxygen atoms in total. The number of nitrogen functional groups attached to an aromatic ring is 1. The van der Waals surface area contributed by atoms with Crippen molar-refractivity contribution in [2.45, 2.75) is 45.3 Å². The maximum Gasteiger partial charge on any atom is 0.220 e. The van der Waals surface area contributed by atoms with Crippen LogP contribution in [0.4, 0.5) is 5.95 Å². The number of nitrogens with zero attached hydrogens (tertiary/aromatic N) is 4. The highest BCUT2D eigenvalue weighted by Gasteiger charge is 2.38. The minimum atomic E-state index is -0.990. The van der Waals surface area contributed by atoms with Gasteiger partial charge in [-0.3, -0.25) is 4.79 Å². The summed E-state index contributed by atoms with van der Waals surface area (Å²) in [5.74, 6) is 6.43. The topological polar surface area (TPSA) is 119 Å². The van der Waals surface area contributed by atoms with E-state index in [9.17, 15) is 9.90 Å². The molecule has 8 heteroatoms. The summed E-state index contributed by atoms with van der Waals surface area (Å²) < 4.78 is 2.09. The van der Waals surface area contributed by atoms with E-state index >= 15 is 0 Å². The summed E-state index contributed by atoms with van der Waals surface area (Å²) in [7, 11) is 0. The van der Waals surface area contributed by atoms with Gasteiger partial charge in [0.05, 0.1) is 17.4 Å². The van der Waals surface area contributed by atoms with Gasteiger partial charge in [-0.1, -0.05) is 5.92 Å². The highest BCUT2D eigenvalue weighted by atomic mass is 16.3. The van der Waals surface area contributed by atoms with E-state index in [0.29, 0.717) is 24.5 Å². The summed E-state index contributed by atoms with van der Waals surface area (Å²) >= 11 is 0. The number of carbonyl (C=O) groups excluding carboxylic acids is 1. The smallest absolute Gasteiger partial charge is 0.220 e. The zero-order valence-corrected chi connectivity index (χ0v) is 17.7. The third-order valence-electron chi connectivity index (χ3n) is 5.48. The third-order valence-corrected chi connectivity index (χ3v) is 5.48. The first-order chi connectivity index (χ1) is 14.8. The van der Waals surface area contributed by atoms with Crippen molar-refractivity contribution in [2.75, 3.05) is 12.3 Å². The van der Waals surface area contributed by atoms with Gasteiger partial charge in [-0.15, -0.1) is 0 Å². The maximum absolute atomic E-state index is 11.1. The van der Waals surface area contributed by atoms with E-state index in [0.717, 1.165) is 35.7 Å². The zero-order valence-electron chi connectivity index (χ0n) is 17.7. The van der Waals surface area contributed by atoms with E-state index in [1.54, 1.807) is 19.3 Å². The van der Waals surface area contributed by atoms with Crippen molar-refractivity contribution in [1.82, 2.24) is 24.8 Å². The van der Waals surface area contributed by atoms with Crippen LogP contribution in [-0.2, 0) is 11.3 Å². The molecular weight excluding hydrogens is 392 g/mol. The highest BCUT2D eigenvalue weighted by Crippen LogP contribution is 2.39. The number of aromatic nitrogens is 4. The predicted molar refractivity (Wildman–Crippen MR) is 119 cm³/mol. The SMILES string of the molecule is CC(=O)NCCCn1cc(-c2ccnc(N)n2)c2cc(C#CC(C)(O)C3CC3)ncc21. The lowest BCUT2D eigenvalue weighted by atomic mass is 10.0. The number of hydrogen-bond donors (Lipinski definition) is 3. The summed E-state index contributed by atoms with van der Waals surface area (Å²) in [5, 5.41) is 14.3. The second kappa shape index (κ2) is 8.36. The second-order valence-corrected chi connectivity index (χ2v) is 8.13. The molecule has 4 N–H and O–H groups in total. The van der Waals surface area contributed by atoms with Crippen molar-refractivity contribution in [1.29, 1.82) is 0 Å². The van der Waals surface area contributed by atoms with Crippen molar-refractivity contribution in [3.8, 4) is 23.1 Å². The number of fused-ring (bicyclic) bond motifs is 1. The summed E-state index contributed by atoms with van der Waals surface area (Å²) in [6.07, 6.45) is 8.23. The lowest BCUT2D eigenvalue weighted by molar-refractivity contribution is -0.118. The van der Waals surface area contributed by atoms with Crippen molar-refractivity contribution in [3.63, 3.8) is 0 Å². The molecule has 3 aromatic rings. The average molecular weight is 419 g/mol. The van der Waals surface area contributed by atoms with E-state index in [1.807, 2.05) is 18.3 Å². The molecule has 1 atom stereocenters. The fourth-order valence-electron chi connectivity index (χ4n) is 3.62. The Labute approximate surface area is 180 Å². The number of nitrogens with one attached hydrogen (secondary N) is 1. The van der Waals surface area contributed by atoms with Gasteiger partial charge in [0.1, 0.15) is 11.3 Å². The minimum absolute atomic E-state index is 0.0403. The van der Waals surface area contributed by atoms with Crippen LogP contribution in [-0.4, -0.2) is 42.7 Å². The number of nitrogens with two attached hydrogens (primary N) is 1. The first-order valence-electron chi connectivity index (χ1n) is 10.4. The fraction of sp³-hybridized carbons (Fsp3) is 0.391. The molecule has 0 aliphatic heterocycles. The molecule has 1 unspecified atom stereocenters. The molecule has 0 saturated heterocycles. The Morgan fingerprint density at radius 3 is 2.94 bits per heavy atom. The van der Waals surface area contributed by atoms with E-state index in [1.165, 1.54) is 6.92 Å². The molecule has 1 aliphatic carbocycles. The average Bonchev–Trinajstić information content (AvgIpc) is 3.53. The Morgan fingerprint density at radius 1 is 1.42 bits per heavy atom. The number of anilines is 1. The Kier molecular flexibility index (Phi) is 5.61. The van der Waals surface area contributed by atoms with Crippen LogP contribution in [0.1, 0.15) is 38.8 Å². The van der Waals surface area contributed by atoms with Crippen LogP contribution in [0.15, 0.2) is 30.7 Å². The molecule has 1 amide bonds. The van der Waals surface area contributed by atoms with Crippen LogP contribution >= 0.6 is 0 Å². The van der Waals surface area contributed by atoms with Crippen LogP contribution in [0.3, 0.4) is 0 Å². The molecular formula is C23H26N6O2. The maximum atomic E-state index is 11.1. The van der Waals surface area contributed by atoms with Crippen LogP contribution in [0.25, 0.3) is 22.2 Å². The first kappa shape index (κ1) is 20.8. The minimum Gasteiger partial charge on any atom is -0.378 e. The van der Waals surface area contributed by atoms with E-state index in [-0.39, 0.29) is 17.8 Å². The molecule has 160 valence electrons. The molecule has 0 spiro atoms. The van der Waals surface area contributed by atoms with Crippen LogP contribution < -0.4 is 11.1 Å². The van der Waals surface area contributed by atoms with Gasteiger partial charge in [-0.05, 0) is 50.2 Å². The molecule has 0 radical (unpaired) electrons. The molecule has 1 saturated carbocycles. The normalized spacial score (nSPS) is 15.2. The molecule has 3 aromatic heterocycles. The van der Waals surface area contributed by atoms with E-state index in [2.05, 4.69) is 36.7 Å². The number of hydrogen-bond acceptors (Lipinski definition) is 6. The number of carbonyl (C=O) groups is 1. The molecule has 3 heterocycles. The lowest BCUT2D eigenvalue weighted by Gasteiger charge is -2.14. The predicted octanol–water partition coefficient (Wildman–Crippen LogP) is 2.11. The molecule has 4 rings (SSSR count). The van der Waals surface area contributed by atoms with E-state index < -0.39 is 5.60 Å². The van der Waals surface area contributed by atoms with Gasteiger partial charge in [0, 0.05) is 43.4 Å². The zero-order chi connectivity index (χ0) is 22.0. The van der Waals surface area contributed by atoms with Gasteiger partial charge in [0.15, 0.2) is 0 Å².